The molecule has 7 heteroatoms. The van der Waals surface area contributed by atoms with Crippen molar-refractivity contribution < 1.29 is 4.79 Å². The van der Waals surface area contributed by atoms with E-state index in [-0.39, 0.29) is 11.9 Å². The Balaban J connectivity index is 1.63. The predicted molar refractivity (Wildman–Crippen MR) is 117 cm³/mol. The third-order valence-corrected chi connectivity index (χ3v) is 6.35. The van der Waals surface area contributed by atoms with Gasteiger partial charge in [0.1, 0.15) is 17.4 Å². The van der Waals surface area contributed by atoms with Gasteiger partial charge >= 0.3 is 0 Å². The minimum absolute atomic E-state index is 0.123. The number of hydrogen-bond donors (Lipinski definition) is 1. The summed E-state index contributed by atoms with van der Waals surface area (Å²) in [6.07, 6.45) is 9.02. The first kappa shape index (κ1) is 18.8. The lowest BCUT2D eigenvalue weighted by atomic mass is 10.0. The quantitative estimate of drug-likeness (QED) is 0.713. The summed E-state index contributed by atoms with van der Waals surface area (Å²) < 4.78 is 0. The van der Waals surface area contributed by atoms with E-state index in [2.05, 4.69) is 39.1 Å². The molecule has 1 fully saturated rings. The summed E-state index contributed by atoms with van der Waals surface area (Å²) >= 11 is 0. The topological polar surface area (TPSA) is 78.0 Å². The lowest BCUT2D eigenvalue weighted by Crippen LogP contribution is -2.55. The van der Waals surface area contributed by atoms with Crippen molar-refractivity contribution in [2.75, 3.05) is 16.8 Å². The number of carbonyl (C=O) groups is 1. The lowest BCUT2D eigenvalue weighted by molar-refractivity contribution is -0.120. The minimum Gasteiger partial charge on any atom is -0.340 e. The number of nitrogens with one attached hydrogen (secondary N) is 1. The van der Waals surface area contributed by atoms with E-state index in [1.165, 1.54) is 12.8 Å². The van der Waals surface area contributed by atoms with Gasteiger partial charge in [0.2, 0.25) is 5.91 Å². The number of fused-ring (bicyclic) bond motifs is 1. The average molecular weight is 403 g/mol. The highest BCUT2D eigenvalue weighted by Crippen LogP contribution is 2.40. The molecule has 1 N–H and O–H groups in total. The number of anilines is 2. The summed E-state index contributed by atoms with van der Waals surface area (Å²) in [4.78, 5) is 26.6. The maximum Gasteiger partial charge on any atom is 0.249 e. The smallest absolute Gasteiger partial charge is 0.249 e. The molecule has 0 bridgehead atoms. The largest absolute Gasteiger partial charge is 0.340 e. The molecule has 5 rings (SSSR count). The second-order valence-corrected chi connectivity index (χ2v) is 8.08. The number of H-pyrrole nitrogens is 1. The summed E-state index contributed by atoms with van der Waals surface area (Å²) in [5, 5.41) is 7.43. The van der Waals surface area contributed by atoms with Gasteiger partial charge in [-0.25, -0.2) is 9.97 Å². The van der Waals surface area contributed by atoms with Crippen LogP contribution in [0.25, 0.3) is 22.6 Å². The summed E-state index contributed by atoms with van der Waals surface area (Å²) in [5.41, 5.74) is 3.53. The Morgan fingerprint density at radius 1 is 1.17 bits per heavy atom. The zero-order valence-corrected chi connectivity index (χ0v) is 17.4. The van der Waals surface area contributed by atoms with Gasteiger partial charge in [-0.1, -0.05) is 50.1 Å². The van der Waals surface area contributed by atoms with E-state index >= 15 is 0 Å². The Morgan fingerprint density at radius 3 is 2.67 bits per heavy atom. The van der Waals surface area contributed by atoms with Crippen LogP contribution in [0.5, 0.6) is 0 Å². The maximum absolute atomic E-state index is 13.1. The molecule has 1 aliphatic carbocycles. The maximum atomic E-state index is 13.1. The summed E-state index contributed by atoms with van der Waals surface area (Å²) in [6.45, 7) is 2.08. The Bertz CT molecular complexity index is 1060. The third-order valence-electron chi connectivity index (χ3n) is 6.35. The molecule has 30 heavy (non-hydrogen) atoms. The molecule has 7 nitrogen and oxygen atoms in total. The van der Waals surface area contributed by atoms with E-state index in [1.807, 2.05) is 31.4 Å². The molecule has 1 amide bonds. The Morgan fingerprint density at radius 2 is 1.93 bits per heavy atom. The van der Waals surface area contributed by atoms with E-state index < -0.39 is 0 Å². The van der Waals surface area contributed by atoms with Crippen LogP contribution < -0.4 is 9.80 Å². The number of hydrogen-bond acceptors (Lipinski definition) is 5. The molecule has 0 unspecified atom stereocenters. The van der Waals surface area contributed by atoms with Crippen LogP contribution in [0.4, 0.5) is 11.5 Å². The fourth-order valence-electron chi connectivity index (χ4n) is 4.80. The van der Waals surface area contributed by atoms with Crippen LogP contribution in [0, 0.1) is 0 Å². The van der Waals surface area contributed by atoms with Gasteiger partial charge in [0.15, 0.2) is 11.6 Å². The molecule has 0 spiro atoms. The number of rotatable bonds is 4. The highest BCUT2D eigenvalue weighted by Gasteiger charge is 2.41. The molecular weight excluding hydrogens is 376 g/mol. The molecule has 2 aromatic heterocycles. The zero-order valence-electron chi connectivity index (χ0n) is 17.4. The van der Waals surface area contributed by atoms with E-state index in [1.54, 1.807) is 11.1 Å². The molecular formula is C23H26N6O. The van der Waals surface area contributed by atoms with Gasteiger partial charge in [0.05, 0.1) is 6.20 Å². The first-order valence-electron chi connectivity index (χ1n) is 10.7. The van der Waals surface area contributed by atoms with E-state index in [0.717, 1.165) is 47.6 Å². The number of aromatic nitrogens is 4. The minimum atomic E-state index is -0.180. The normalized spacial score (nSPS) is 19.4. The number of benzene rings is 1. The summed E-state index contributed by atoms with van der Waals surface area (Å²) in [5.74, 6) is 1.55. The molecule has 1 atom stereocenters. The summed E-state index contributed by atoms with van der Waals surface area (Å²) in [7, 11) is 1.82. The first-order chi connectivity index (χ1) is 14.7. The fourth-order valence-corrected chi connectivity index (χ4v) is 4.80. The molecule has 1 aromatic carbocycles. The zero-order chi connectivity index (χ0) is 20.7. The van der Waals surface area contributed by atoms with Crippen molar-refractivity contribution in [3.63, 3.8) is 0 Å². The molecule has 154 valence electrons. The van der Waals surface area contributed by atoms with Crippen molar-refractivity contribution in [2.45, 2.75) is 51.1 Å². The second kappa shape index (κ2) is 7.55. The number of carbonyl (C=O) groups excluding carboxylic acids is 1. The Hall–Kier alpha value is -3.22. The molecule has 1 saturated carbocycles. The van der Waals surface area contributed by atoms with Gasteiger partial charge in [-0.05, 0) is 24.8 Å². The van der Waals surface area contributed by atoms with Gasteiger partial charge in [-0.2, -0.15) is 5.10 Å². The molecule has 1 aliphatic heterocycles. The van der Waals surface area contributed by atoms with Gasteiger partial charge < -0.3 is 9.80 Å². The van der Waals surface area contributed by atoms with Crippen LogP contribution in [0.2, 0.25) is 0 Å². The monoisotopic (exact) mass is 402 g/mol. The van der Waals surface area contributed by atoms with Crippen LogP contribution in [-0.4, -0.2) is 45.2 Å². The molecule has 0 radical (unpaired) electrons. The van der Waals surface area contributed by atoms with E-state index in [4.69, 9.17) is 4.98 Å². The summed E-state index contributed by atoms with van der Waals surface area (Å²) in [6, 6.07) is 10.3. The third kappa shape index (κ3) is 2.96. The SMILES string of the molecule is CC[C@@H]1C(=O)N(C)c2cnc(-c3n[nH]cc3-c3ccccc3)nc2N1C1CCCC1. The van der Waals surface area contributed by atoms with Crippen molar-refractivity contribution >= 4 is 17.4 Å². The van der Waals surface area contributed by atoms with Crippen LogP contribution >= 0.6 is 0 Å². The van der Waals surface area contributed by atoms with Gasteiger partial charge in [0, 0.05) is 24.8 Å². The molecule has 3 aromatic rings. The van der Waals surface area contributed by atoms with Gasteiger partial charge in [-0.3, -0.25) is 9.89 Å². The van der Waals surface area contributed by atoms with Crippen molar-refractivity contribution in [3.05, 3.63) is 42.7 Å². The molecule has 2 aliphatic rings. The van der Waals surface area contributed by atoms with Crippen LogP contribution in [-0.2, 0) is 4.79 Å². The Kier molecular flexibility index (Phi) is 4.73. The number of amides is 1. The van der Waals surface area contributed by atoms with Crippen molar-refractivity contribution in [1.82, 2.24) is 20.2 Å². The highest BCUT2D eigenvalue weighted by atomic mass is 16.2. The molecule has 3 heterocycles. The average Bonchev–Trinajstić information content (AvgIpc) is 3.48. The Labute approximate surface area is 176 Å². The van der Waals surface area contributed by atoms with Gasteiger partial charge in [-0.15, -0.1) is 0 Å². The van der Waals surface area contributed by atoms with Gasteiger partial charge in [0.25, 0.3) is 0 Å². The fraction of sp³-hybridized carbons (Fsp3) is 0.391. The second-order valence-electron chi connectivity index (χ2n) is 8.08. The molecule has 0 saturated heterocycles. The lowest BCUT2D eigenvalue weighted by Gasteiger charge is -2.43. The number of likely N-dealkylation sites (N-methyl/N-ethyl adjacent to an activating group) is 1. The van der Waals surface area contributed by atoms with Crippen LogP contribution in [0.15, 0.2) is 42.7 Å². The van der Waals surface area contributed by atoms with E-state index in [9.17, 15) is 4.79 Å². The first-order valence-corrected chi connectivity index (χ1v) is 10.7. The number of nitrogens with zero attached hydrogens (tertiary/aromatic N) is 5. The number of aromatic amines is 1. The standard InChI is InChI=1S/C23H26N6O/c1-3-18-23(30)28(2)19-14-24-21(26-22(19)29(18)16-11-7-8-12-16)20-17(13-25-27-20)15-9-5-4-6-10-15/h4-6,9-10,13-14,16,18H,3,7-8,11-12H2,1-2H3,(H,25,27)/t18-/m1/s1. The highest BCUT2D eigenvalue weighted by molar-refractivity contribution is 6.04. The van der Waals surface area contributed by atoms with Crippen LogP contribution in [0.1, 0.15) is 39.0 Å². The van der Waals surface area contributed by atoms with Crippen LogP contribution in [0.3, 0.4) is 0 Å². The van der Waals surface area contributed by atoms with Crippen molar-refractivity contribution in [1.29, 1.82) is 0 Å². The predicted octanol–water partition coefficient (Wildman–Crippen LogP) is 4.04. The van der Waals surface area contributed by atoms with Crippen molar-refractivity contribution in [3.8, 4) is 22.6 Å². The van der Waals surface area contributed by atoms with Crippen molar-refractivity contribution in [2.24, 2.45) is 0 Å². The van der Waals surface area contributed by atoms with E-state index in [0.29, 0.717) is 11.9 Å².